The van der Waals surface area contributed by atoms with Crippen LogP contribution in [0.2, 0.25) is 0 Å². The summed E-state index contributed by atoms with van der Waals surface area (Å²) in [5, 5.41) is 6.76. The molecule has 0 aromatic carbocycles. The average Bonchev–Trinajstić information content (AvgIpc) is 2.98. The third kappa shape index (κ3) is 3.60. The van der Waals surface area contributed by atoms with Crippen molar-refractivity contribution in [3.8, 4) is 0 Å². The molecule has 0 aliphatic carbocycles. The van der Waals surface area contributed by atoms with Crippen LogP contribution in [-0.2, 0) is 21.8 Å². The van der Waals surface area contributed by atoms with Crippen molar-refractivity contribution in [2.75, 3.05) is 33.1 Å². The highest BCUT2D eigenvalue weighted by Crippen LogP contribution is 2.17. The van der Waals surface area contributed by atoms with Crippen molar-refractivity contribution in [2.45, 2.75) is 6.04 Å². The molecule has 0 radical (unpaired) electrons. The van der Waals surface area contributed by atoms with Crippen molar-refractivity contribution in [2.24, 2.45) is 13.0 Å². The van der Waals surface area contributed by atoms with Gasteiger partial charge in [0.2, 0.25) is 10.0 Å². The highest BCUT2D eigenvalue weighted by atomic mass is 32.2. The molecule has 2 heterocycles. The van der Waals surface area contributed by atoms with Crippen molar-refractivity contribution in [1.82, 2.24) is 19.4 Å². The molecule has 21 heavy (non-hydrogen) atoms. The summed E-state index contributed by atoms with van der Waals surface area (Å²) in [6.45, 7) is 0.639. The Bertz CT molecular complexity index is 611. The van der Waals surface area contributed by atoms with Gasteiger partial charge >= 0.3 is 0 Å². The monoisotopic (exact) mass is 316 g/mol. The lowest BCUT2D eigenvalue weighted by Crippen LogP contribution is -2.44. The molecule has 1 aliphatic rings. The predicted molar refractivity (Wildman–Crippen MR) is 76.2 cm³/mol. The van der Waals surface area contributed by atoms with Crippen LogP contribution < -0.4 is 5.32 Å². The Morgan fingerprint density at radius 2 is 2.24 bits per heavy atom. The third-order valence-electron chi connectivity index (χ3n) is 3.55. The van der Waals surface area contributed by atoms with Crippen molar-refractivity contribution in [3.63, 3.8) is 0 Å². The SMILES string of the molecule is CN(C)S(=O)(=O)C[C@@H]1COC[C@H]1NC(=O)c1ccnn1C. The molecular formula is C12H20N4O4S. The Morgan fingerprint density at radius 1 is 1.52 bits per heavy atom. The highest BCUT2D eigenvalue weighted by Gasteiger charge is 2.34. The molecule has 1 aliphatic heterocycles. The van der Waals surface area contributed by atoms with Crippen molar-refractivity contribution < 1.29 is 17.9 Å². The van der Waals surface area contributed by atoms with Gasteiger partial charge in [0, 0.05) is 33.3 Å². The van der Waals surface area contributed by atoms with Gasteiger partial charge in [-0.05, 0) is 6.07 Å². The molecule has 1 aromatic rings. The molecule has 1 fully saturated rings. The van der Waals surface area contributed by atoms with Gasteiger partial charge in [0.1, 0.15) is 5.69 Å². The average molecular weight is 316 g/mol. The molecule has 2 atom stereocenters. The summed E-state index contributed by atoms with van der Waals surface area (Å²) in [4.78, 5) is 12.1. The van der Waals surface area contributed by atoms with E-state index in [2.05, 4.69) is 10.4 Å². The van der Waals surface area contributed by atoms with Crippen LogP contribution in [0.15, 0.2) is 12.3 Å². The Kier molecular flexibility index (Phi) is 4.64. The lowest BCUT2D eigenvalue weighted by Gasteiger charge is -2.21. The second-order valence-electron chi connectivity index (χ2n) is 5.28. The lowest BCUT2D eigenvalue weighted by atomic mass is 10.1. The molecule has 0 bridgehead atoms. The normalized spacial score (nSPS) is 22.7. The number of hydrogen-bond acceptors (Lipinski definition) is 5. The molecule has 1 saturated heterocycles. The van der Waals surface area contributed by atoms with Crippen LogP contribution in [0, 0.1) is 5.92 Å². The number of ether oxygens (including phenoxy) is 1. The predicted octanol–water partition coefficient (Wildman–Crippen LogP) is -0.944. The minimum Gasteiger partial charge on any atom is -0.379 e. The van der Waals surface area contributed by atoms with Crippen LogP contribution in [0.3, 0.4) is 0 Å². The Balaban J connectivity index is 2.03. The number of amides is 1. The van der Waals surface area contributed by atoms with E-state index in [1.165, 1.54) is 29.3 Å². The summed E-state index contributed by atoms with van der Waals surface area (Å²) in [5.74, 6) is -0.580. The maximum absolute atomic E-state index is 12.1. The molecule has 0 spiro atoms. The van der Waals surface area contributed by atoms with E-state index < -0.39 is 10.0 Å². The first-order valence-corrected chi connectivity index (χ1v) is 8.19. The molecule has 1 N–H and O–H groups in total. The number of aryl methyl sites for hydroxylation is 1. The zero-order valence-electron chi connectivity index (χ0n) is 12.3. The first kappa shape index (κ1) is 15.9. The Hall–Kier alpha value is -1.45. The minimum atomic E-state index is -3.33. The largest absolute Gasteiger partial charge is 0.379 e. The van der Waals surface area contributed by atoms with Crippen LogP contribution in [0.4, 0.5) is 0 Å². The lowest BCUT2D eigenvalue weighted by molar-refractivity contribution is 0.0916. The van der Waals surface area contributed by atoms with E-state index in [4.69, 9.17) is 4.74 Å². The van der Waals surface area contributed by atoms with Crippen LogP contribution in [0.25, 0.3) is 0 Å². The number of nitrogens with zero attached hydrogens (tertiary/aromatic N) is 3. The fourth-order valence-electron chi connectivity index (χ4n) is 2.18. The molecule has 0 unspecified atom stereocenters. The van der Waals surface area contributed by atoms with Crippen molar-refractivity contribution >= 4 is 15.9 Å². The standard InChI is InChI=1S/C12H20N4O4S/c1-15(2)21(18,19)8-9-6-20-7-10(9)14-12(17)11-4-5-13-16(11)3/h4-5,9-10H,6-8H2,1-3H3,(H,14,17)/t9-,10+/m0/s1. The number of carbonyl (C=O) groups is 1. The van der Waals surface area contributed by atoms with Crippen molar-refractivity contribution in [3.05, 3.63) is 18.0 Å². The van der Waals surface area contributed by atoms with Crippen LogP contribution in [0.1, 0.15) is 10.5 Å². The van der Waals surface area contributed by atoms with Gasteiger partial charge in [-0.3, -0.25) is 9.48 Å². The number of aromatic nitrogens is 2. The van der Waals surface area contributed by atoms with Gasteiger partial charge in [0.25, 0.3) is 5.91 Å². The zero-order chi connectivity index (χ0) is 15.6. The van der Waals surface area contributed by atoms with E-state index >= 15 is 0 Å². The van der Waals surface area contributed by atoms with E-state index in [9.17, 15) is 13.2 Å². The number of hydrogen-bond donors (Lipinski definition) is 1. The molecule has 8 nitrogen and oxygen atoms in total. The van der Waals surface area contributed by atoms with E-state index in [0.717, 1.165) is 0 Å². The maximum atomic E-state index is 12.1. The quantitative estimate of drug-likeness (QED) is 0.756. The highest BCUT2D eigenvalue weighted by molar-refractivity contribution is 7.89. The van der Waals surface area contributed by atoms with Gasteiger partial charge in [-0.1, -0.05) is 0 Å². The van der Waals surface area contributed by atoms with E-state index in [1.54, 1.807) is 13.1 Å². The first-order valence-electron chi connectivity index (χ1n) is 6.58. The number of sulfonamides is 1. The summed E-state index contributed by atoms with van der Waals surface area (Å²) in [5.41, 5.74) is 0.427. The van der Waals surface area contributed by atoms with E-state index in [1.807, 2.05) is 0 Å². The summed E-state index contributed by atoms with van der Waals surface area (Å²) in [6, 6.07) is 1.29. The number of nitrogens with one attached hydrogen (secondary N) is 1. The topological polar surface area (TPSA) is 93.5 Å². The first-order chi connectivity index (χ1) is 9.81. The van der Waals surface area contributed by atoms with Crippen LogP contribution in [0.5, 0.6) is 0 Å². The minimum absolute atomic E-state index is 0.0453. The van der Waals surface area contributed by atoms with Gasteiger partial charge in [-0.25, -0.2) is 12.7 Å². The fraction of sp³-hybridized carbons (Fsp3) is 0.667. The summed E-state index contributed by atoms with van der Waals surface area (Å²) < 4.78 is 31.9. The van der Waals surface area contributed by atoms with E-state index in [0.29, 0.717) is 18.9 Å². The van der Waals surface area contributed by atoms with Gasteiger partial charge in [-0.15, -0.1) is 0 Å². The zero-order valence-corrected chi connectivity index (χ0v) is 13.1. The van der Waals surface area contributed by atoms with Crippen LogP contribution >= 0.6 is 0 Å². The molecule has 1 amide bonds. The summed E-state index contributed by atoms with van der Waals surface area (Å²) in [6.07, 6.45) is 1.54. The number of carbonyl (C=O) groups excluding carboxylic acids is 1. The second kappa shape index (κ2) is 6.12. The van der Waals surface area contributed by atoms with Gasteiger partial charge in [-0.2, -0.15) is 5.10 Å². The molecule has 118 valence electrons. The second-order valence-corrected chi connectivity index (χ2v) is 7.51. The molecule has 1 aromatic heterocycles. The van der Waals surface area contributed by atoms with Gasteiger partial charge in [0.05, 0.1) is 25.0 Å². The summed E-state index contributed by atoms with van der Waals surface area (Å²) in [7, 11) is 1.34. The van der Waals surface area contributed by atoms with Gasteiger partial charge in [0.15, 0.2) is 0 Å². The maximum Gasteiger partial charge on any atom is 0.269 e. The Labute approximate surface area is 124 Å². The molecule has 0 saturated carbocycles. The van der Waals surface area contributed by atoms with Crippen LogP contribution in [-0.4, -0.2) is 67.5 Å². The Morgan fingerprint density at radius 3 is 2.81 bits per heavy atom. The smallest absolute Gasteiger partial charge is 0.269 e. The molecular weight excluding hydrogens is 296 g/mol. The number of rotatable bonds is 5. The van der Waals surface area contributed by atoms with Crippen molar-refractivity contribution in [1.29, 1.82) is 0 Å². The summed E-state index contributed by atoms with van der Waals surface area (Å²) >= 11 is 0. The third-order valence-corrected chi connectivity index (χ3v) is 5.51. The molecule has 9 heteroatoms. The molecule has 2 rings (SSSR count). The van der Waals surface area contributed by atoms with Gasteiger partial charge < -0.3 is 10.1 Å². The van der Waals surface area contributed by atoms with E-state index in [-0.39, 0.29) is 23.6 Å². The fourth-order valence-corrected chi connectivity index (χ4v) is 3.35.